The predicted molar refractivity (Wildman–Crippen MR) is 115 cm³/mol. The first-order valence-corrected chi connectivity index (χ1v) is 11.8. The molecule has 1 heterocycles. The van der Waals surface area contributed by atoms with E-state index in [4.69, 9.17) is 4.74 Å². The summed E-state index contributed by atoms with van der Waals surface area (Å²) >= 11 is 0. The number of aliphatic hydroxyl groups excluding tert-OH is 1. The summed E-state index contributed by atoms with van der Waals surface area (Å²) in [5.41, 5.74) is 2.23. The van der Waals surface area contributed by atoms with Crippen molar-refractivity contribution in [2.45, 2.75) is 77.4 Å². The van der Waals surface area contributed by atoms with E-state index in [2.05, 4.69) is 26.0 Å². The van der Waals surface area contributed by atoms with Gasteiger partial charge in [-0.1, -0.05) is 31.6 Å². The molecule has 1 saturated heterocycles. The fourth-order valence-electron chi connectivity index (χ4n) is 7.51. The molecule has 2 saturated carbocycles. The normalized spacial score (nSPS) is 45.2. The van der Waals surface area contributed by atoms with E-state index in [-0.39, 0.29) is 28.5 Å². The number of carbonyl (C=O) groups is 2. The fraction of sp³-hybridized carbons (Fsp3) is 0.692. The van der Waals surface area contributed by atoms with Crippen LogP contribution in [0.25, 0.3) is 0 Å². The highest BCUT2D eigenvalue weighted by Gasteiger charge is 2.57. The largest absolute Gasteiger partial charge is 0.390 e. The van der Waals surface area contributed by atoms with E-state index in [1.54, 1.807) is 6.08 Å². The average molecular weight is 411 g/mol. The Bertz CT molecular complexity index is 851. The van der Waals surface area contributed by atoms with Crippen molar-refractivity contribution >= 4 is 11.6 Å². The molecule has 0 aromatic heterocycles. The Kier molecular flexibility index (Phi) is 4.94. The molecule has 0 radical (unpaired) electrons. The number of fused-ring (bicyclic) bond motifs is 5. The van der Waals surface area contributed by atoms with Crippen molar-refractivity contribution < 1.29 is 19.4 Å². The number of aliphatic hydroxyl groups is 1. The van der Waals surface area contributed by atoms with Crippen LogP contribution in [0.15, 0.2) is 35.5 Å². The minimum atomic E-state index is -0.520. The van der Waals surface area contributed by atoms with Crippen LogP contribution in [0.1, 0.15) is 65.2 Å². The third-order valence-electron chi connectivity index (χ3n) is 9.23. The third kappa shape index (κ3) is 3.02. The van der Waals surface area contributed by atoms with Crippen LogP contribution in [0.3, 0.4) is 0 Å². The van der Waals surface area contributed by atoms with E-state index < -0.39 is 6.10 Å². The van der Waals surface area contributed by atoms with Gasteiger partial charge in [-0.25, -0.2) is 0 Å². The van der Waals surface area contributed by atoms with E-state index in [0.29, 0.717) is 30.8 Å². The Labute approximate surface area is 179 Å². The second-order valence-electron chi connectivity index (χ2n) is 10.7. The smallest absolute Gasteiger partial charge is 0.178 e. The maximum Gasteiger partial charge on any atom is 0.178 e. The van der Waals surface area contributed by atoms with Gasteiger partial charge in [0.25, 0.3) is 0 Å². The molecule has 4 heteroatoms. The fourth-order valence-corrected chi connectivity index (χ4v) is 7.51. The summed E-state index contributed by atoms with van der Waals surface area (Å²) in [6, 6.07) is 0. The molecule has 4 aliphatic carbocycles. The first kappa shape index (κ1) is 20.4. The van der Waals surface area contributed by atoms with Gasteiger partial charge in [0.2, 0.25) is 0 Å². The topological polar surface area (TPSA) is 63.6 Å². The summed E-state index contributed by atoms with van der Waals surface area (Å²) in [5, 5.41) is 10.2. The summed E-state index contributed by atoms with van der Waals surface area (Å²) in [7, 11) is 0. The number of ketones is 2. The van der Waals surface area contributed by atoms with E-state index in [9.17, 15) is 14.7 Å². The van der Waals surface area contributed by atoms with Gasteiger partial charge in [0.1, 0.15) is 0 Å². The molecule has 162 valence electrons. The Morgan fingerprint density at radius 2 is 2.07 bits per heavy atom. The van der Waals surface area contributed by atoms with Gasteiger partial charge in [0, 0.05) is 18.4 Å². The summed E-state index contributed by atoms with van der Waals surface area (Å²) < 4.78 is 5.72. The molecule has 0 spiro atoms. The van der Waals surface area contributed by atoms with E-state index in [1.807, 2.05) is 6.08 Å². The summed E-state index contributed by atoms with van der Waals surface area (Å²) in [5.74, 6) is 1.93. The maximum absolute atomic E-state index is 13.3. The van der Waals surface area contributed by atoms with Crippen molar-refractivity contribution in [1.82, 2.24) is 0 Å². The molecular weight excluding hydrogens is 376 g/mol. The van der Waals surface area contributed by atoms with Crippen LogP contribution in [0.2, 0.25) is 0 Å². The summed E-state index contributed by atoms with van der Waals surface area (Å²) in [6.45, 7) is 5.26. The second-order valence-corrected chi connectivity index (χ2v) is 10.7. The van der Waals surface area contributed by atoms with E-state index in [1.165, 1.54) is 5.57 Å². The first-order valence-electron chi connectivity index (χ1n) is 11.8. The van der Waals surface area contributed by atoms with Crippen molar-refractivity contribution in [3.8, 4) is 0 Å². The summed E-state index contributed by atoms with van der Waals surface area (Å²) in [4.78, 5) is 25.2. The molecule has 5 rings (SSSR count). The van der Waals surface area contributed by atoms with Gasteiger partial charge in [-0.15, -0.1) is 0 Å². The number of allylic oxidation sites excluding steroid dienone is 6. The molecule has 0 amide bonds. The van der Waals surface area contributed by atoms with Gasteiger partial charge in [0.15, 0.2) is 11.6 Å². The Morgan fingerprint density at radius 1 is 1.23 bits per heavy atom. The predicted octanol–water partition coefficient (Wildman–Crippen LogP) is 4.33. The van der Waals surface area contributed by atoms with Crippen LogP contribution in [-0.2, 0) is 14.3 Å². The average Bonchev–Trinajstić information content (AvgIpc) is 3.07. The molecule has 0 bridgehead atoms. The molecule has 7 atom stereocenters. The molecule has 1 N–H and O–H groups in total. The maximum atomic E-state index is 13.3. The molecule has 1 aliphatic heterocycles. The number of ether oxygens (including phenoxy) is 1. The minimum Gasteiger partial charge on any atom is -0.390 e. The van der Waals surface area contributed by atoms with Crippen molar-refractivity contribution in [1.29, 1.82) is 0 Å². The molecular formula is C26H34O4. The molecule has 0 aromatic rings. The quantitative estimate of drug-likeness (QED) is 0.752. The zero-order valence-electron chi connectivity index (χ0n) is 18.2. The van der Waals surface area contributed by atoms with Gasteiger partial charge < -0.3 is 9.84 Å². The Morgan fingerprint density at radius 3 is 2.87 bits per heavy atom. The molecule has 0 aromatic carbocycles. The van der Waals surface area contributed by atoms with Crippen LogP contribution in [0.5, 0.6) is 0 Å². The van der Waals surface area contributed by atoms with Crippen LogP contribution >= 0.6 is 0 Å². The standard InChI is InChI=1S/C26H34O4/c1-25-11-9-17(27)14-16(25)5-6-18-19-7-8-21(26(19,2)12-10-20(18)25)23(29)15-24-22(28)4-3-13-30-24/h8-9,11,14,18-20,22,24,28H,3-7,10,12-13,15H2,1-2H3/t18-,19-,20-,22?,24?,25-,26-/m0/s1. The number of hydrogen-bond donors (Lipinski definition) is 1. The van der Waals surface area contributed by atoms with Crippen LogP contribution in [0, 0.1) is 28.6 Å². The molecule has 3 fully saturated rings. The van der Waals surface area contributed by atoms with Gasteiger partial charge in [-0.05, 0) is 85.8 Å². The lowest BCUT2D eigenvalue weighted by molar-refractivity contribution is -0.127. The van der Waals surface area contributed by atoms with Gasteiger partial charge in [-0.2, -0.15) is 0 Å². The van der Waals surface area contributed by atoms with Crippen molar-refractivity contribution in [3.63, 3.8) is 0 Å². The molecule has 2 unspecified atom stereocenters. The zero-order valence-corrected chi connectivity index (χ0v) is 18.2. The van der Waals surface area contributed by atoms with Gasteiger partial charge in [0.05, 0.1) is 12.2 Å². The minimum absolute atomic E-state index is 0.00896. The lowest BCUT2D eigenvalue weighted by Gasteiger charge is -2.56. The van der Waals surface area contributed by atoms with Gasteiger partial charge in [-0.3, -0.25) is 9.59 Å². The van der Waals surface area contributed by atoms with E-state index >= 15 is 0 Å². The Hall–Kier alpha value is -1.52. The second kappa shape index (κ2) is 7.27. The molecule has 4 nitrogen and oxygen atoms in total. The Balaban J connectivity index is 1.35. The lowest BCUT2D eigenvalue weighted by Crippen LogP contribution is -2.49. The molecule has 5 aliphatic rings. The number of hydrogen-bond acceptors (Lipinski definition) is 4. The number of rotatable bonds is 3. The van der Waals surface area contributed by atoms with Crippen molar-refractivity contribution in [2.75, 3.05) is 6.61 Å². The van der Waals surface area contributed by atoms with E-state index in [0.717, 1.165) is 50.5 Å². The highest BCUT2D eigenvalue weighted by Crippen LogP contribution is 2.64. The number of carbonyl (C=O) groups excluding carboxylic acids is 2. The van der Waals surface area contributed by atoms with Gasteiger partial charge >= 0.3 is 0 Å². The molecule has 30 heavy (non-hydrogen) atoms. The zero-order chi connectivity index (χ0) is 21.1. The monoisotopic (exact) mass is 410 g/mol. The highest BCUT2D eigenvalue weighted by molar-refractivity contribution is 6.01. The summed E-state index contributed by atoms with van der Waals surface area (Å²) in [6.07, 6.45) is 14.2. The number of Topliss-reactive ketones (excluding diaryl/α,β-unsaturated/α-hetero) is 1. The SMILES string of the molecule is C[C@]12C=CC(=O)C=C1CC[C@@H]1[C@@H]2CC[C@]2(C)C(C(=O)CC3OCCCC3O)=CC[C@@H]12. The lowest BCUT2D eigenvalue weighted by atomic mass is 9.47. The third-order valence-corrected chi connectivity index (χ3v) is 9.23. The first-order chi connectivity index (χ1) is 14.3. The highest BCUT2D eigenvalue weighted by atomic mass is 16.5. The van der Waals surface area contributed by atoms with Crippen molar-refractivity contribution in [2.24, 2.45) is 28.6 Å². The van der Waals surface area contributed by atoms with Crippen LogP contribution in [0.4, 0.5) is 0 Å². The van der Waals surface area contributed by atoms with Crippen LogP contribution in [-0.4, -0.2) is 35.5 Å². The van der Waals surface area contributed by atoms with Crippen molar-refractivity contribution in [3.05, 3.63) is 35.5 Å². The van der Waals surface area contributed by atoms with Crippen LogP contribution < -0.4 is 0 Å².